The van der Waals surface area contributed by atoms with Crippen molar-refractivity contribution in [2.24, 2.45) is 17.8 Å². The van der Waals surface area contributed by atoms with Crippen LogP contribution < -0.4 is 10.6 Å². The third-order valence-electron chi connectivity index (χ3n) is 10.6. The van der Waals surface area contributed by atoms with E-state index in [4.69, 9.17) is 4.74 Å². The van der Waals surface area contributed by atoms with Crippen molar-refractivity contribution in [1.82, 2.24) is 10.2 Å². The van der Waals surface area contributed by atoms with Crippen LogP contribution >= 0.6 is 0 Å². The lowest BCUT2D eigenvalue weighted by atomic mass is 9.74. The van der Waals surface area contributed by atoms with Crippen LogP contribution in [0.4, 0.5) is 5.69 Å². The van der Waals surface area contributed by atoms with Gasteiger partial charge >= 0.3 is 0 Å². The quantitative estimate of drug-likeness (QED) is 0.436. The maximum atomic E-state index is 14.5. The summed E-state index contributed by atoms with van der Waals surface area (Å²) in [4.78, 5) is 44.5. The lowest BCUT2D eigenvalue weighted by Gasteiger charge is -2.39. The summed E-state index contributed by atoms with van der Waals surface area (Å²) < 4.78 is 6.61. The minimum absolute atomic E-state index is 0.00866. The van der Waals surface area contributed by atoms with Crippen molar-refractivity contribution in [2.45, 2.75) is 127 Å². The molecular weight excluding hydrogens is 514 g/mol. The Labute approximate surface area is 244 Å². The summed E-state index contributed by atoms with van der Waals surface area (Å²) in [6, 6.07) is 7.26. The zero-order valence-electron chi connectivity index (χ0n) is 24.9. The van der Waals surface area contributed by atoms with E-state index in [9.17, 15) is 14.4 Å². The largest absolute Gasteiger partial charge is 0.359 e. The van der Waals surface area contributed by atoms with E-state index in [0.717, 1.165) is 57.8 Å². The number of nitrogens with zero attached hydrogens (tertiary/aromatic N) is 1. The molecule has 2 aliphatic carbocycles. The van der Waals surface area contributed by atoms with Gasteiger partial charge in [-0.05, 0) is 55.2 Å². The van der Waals surface area contributed by atoms with Crippen molar-refractivity contribution in [2.75, 3.05) is 5.32 Å². The predicted octanol–water partition coefficient (Wildman–Crippen LogP) is 5.71. The highest BCUT2D eigenvalue weighted by molar-refractivity contribution is 6.03. The molecule has 1 aromatic rings. The molecule has 0 unspecified atom stereocenters. The maximum absolute atomic E-state index is 14.5. The Kier molecular flexibility index (Phi) is 8.01. The Morgan fingerprint density at radius 3 is 2.27 bits per heavy atom. The first-order chi connectivity index (χ1) is 19.8. The topological polar surface area (TPSA) is 87.7 Å². The van der Waals surface area contributed by atoms with E-state index in [-0.39, 0.29) is 29.8 Å². The molecule has 1 aromatic carbocycles. The molecule has 0 aromatic heterocycles. The monoisotopic (exact) mass is 561 g/mol. The molecule has 6 rings (SSSR count). The molecule has 41 heavy (non-hydrogen) atoms. The van der Waals surface area contributed by atoms with Crippen molar-refractivity contribution < 1.29 is 19.1 Å². The molecule has 2 saturated heterocycles. The number of anilines is 1. The summed E-state index contributed by atoms with van der Waals surface area (Å²) in [6.07, 6.45) is 15.1. The molecule has 1 spiro atoms. The van der Waals surface area contributed by atoms with Crippen LogP contribution in [-0.2, 0) is 19.1 Å². The number of ether oxygens (including phenoxy) is 1. The Morgan fingerprint density at radius 1 is 0.927 bits per heavy atom. The minimum atomic E-state index is -1.10. The van der Waals surface area contributed by atoms with Crippen LogP contribution in [0.1, 0.15) is 103 Å². The second-order valence-corrected chi connectivity index (χ2v) is 13.6. The van der Waals surface area contributed by atoms with Crippen molar-refractivity contribution in [1.29, 1.82) is 0 Å². The van der Waals surface area contributed by atoms with Gasteiger partial charge in [-0.15, -0.1) is 0 Å². The number of nitrogens with one attached hydrogen (secondary N) is 2. The molecule has 7 nitrogen and oxygen atoms in total. The van der Waals surface area contributed by atoms with Crippen LogP contribution in [0.3, 0.4) is 0 Å². The average molecular weight is 562 g/mol. The molecule has 0 radical (unpaired) electrons. The third kappa shape index (κ3) is 5.13. The first-order valence-corrected chi connectivity index (χ1v) is 16.2. The van der Waals surface area contributed by atoms with Crippen LogP contribution in [0.15, 0.2) is 36.4 Å². The lowest BCUT2D eigenvalue weighted by molar-refractivity contribution is -0.144. The number of hydrogen-bond acceptors (Lipinski definition) is 4. The molecular formula is C34H47N3O4. The van der Waals surface area contributed by atoms with Crippen LogP contribution in [0.2, 0.25) is 0 Å². The number of amides is 3. The number of carbonyl (C=O) groups is 3. The van der Waals surface area contributed by atoms with Crippen LogP contribution in [0.5, 0.6) is 0 Å². The van der Waals surface area contributed by atoms with Gasteiger partial charge in [0.1, 0.15) is 11.6 Å². The van der Waals surface area contributed by atoms with E-state index in [1.165, 1.54) is 18.4 Å². The van der Waals surface area contributed by atoms with E-state index in [1.54, 1.807) is 0 Å². The summed E-state index contributed by atoms with van der Waals surface area (Å²) in [5.74, 6) is -0.968. The molecule has 3 heterocycles. The van der Waals surface area contributed by atoms with Crippen LogP contribution in [0, 0.1) is 17.8 Å². The van der Waals surface area contributed by atoms with Gasteiger partial charge in [0.2, 0.25) is 17.7 Å². The van der Waals surface area contributed by atoms with E-state index in [2.05, 4.69) is 31.4 Å². The highest BCUT2D eigenvalue weighted by Crippen LogP contribution is 2.56. The number of likely N-dealkylation sites (tertiary alicyclic amines) is 1. The van der Waals surface area contributed by atoms with Gasteiger partial charge in [-0.25, -0.2) is 0 Å². The Morgan fingerprint density at radius 2 is 1.59 bits per heavy atom. The van der Waals surface area contributed by atoms with Gasteiger partial charge in [-0.3, -0.25) is 14.4 Å². The molecule has 2 N–H and O–H groups in total. The fourth-order valence-electron chi connectivity index (χ4n) is 8.28. The maximum Gasteiger partial charge on any atom is 0.246 e. The van der Waals surface area contributed by atoms with Gasteiger partial charge in [0.05, 0.1) is 17.9 Å². The number of rotatable bonds is 6. The van der Waals surface area contributed by atoms with Gasteiger partial charge < -0.3 is 20.3 Å². The third-order valence-corrected chi connectivity index (χ3v) is 10.6. The predicted molar refractivity (Wildman–Crippen MR) is 159 cm³/mol. The highest BCUT2D eigenvalue weighted by Gasteiger charge is 2.73. The molecule has 3 amide bonds. The second kappa shape index (κ2) is 11.5. The zero-order valence-corrected chi connectivity index (χ0v) is 24.9. The summed E-state index contributed by atoms with van der Waals surface area (Å²) in [7, 11) is 0. The fraction of sp³-hybridized carbons (Fsp3) is 0.676. The highest BCUT2D eigenvalue weighted by atomic mass is 16.5. The van der Waals surface area contributed by atoms with Gasteiger partial charge in [-0.2, -0.15) is 0 Å². The first kappa shape index (κ1) is 28.4. The normalized spacial score (nSPS) is 35.3. The number of hydrogen-bond donors (Lipinski definition) is 2. The number of carbonyl (C=O) groups excluding carboxylic acids is 3. The summed E-state index contributed by atoms with van der Waals surface area (Å²) in [5.41, 5.74) is 0.813. The van der Waals surface area contributed by atoms with Crippen molar-refractivity contribution in [3.8, 4) is 0 Å². The first-order valence-electron chi connectivity index (χ1n) is 16.2. The van der Waals surface area contributed by atoms with E-state index < -0.39 is 29.6 Å². The standard InChI is InChI=1S/C34H47N3O4/c1-21(2)23-15-17-24(18-16-23)35-31(38)28-27-19-20-34(41-27)29(28)33(40)37(25-12-7-5-4-6-8-13-25)30(34)32(39)36-26-14-10-9-11-22(26)3/h15-22,25-30H,4-14H2,1-3H3,(H,35,38)(H,36,39)/t22-,26+,27+,28-,29+,30+,34+/m0/s1. The SMILES string of the molecule is CC(C)c1ccc(NC(=O)[C@H]2[C@H]3C=C[C@@]4(O3)[C@H]2C(=O)N(C2CCCCCCC2)[C@@H]4C(=O)N[C@@H]2CCCC[C@@H]2C)cc1. The summed E-state index contributed by atoms with van der Waals surface area (Å²) in [5, 5.41) is 6.44. The zero-order chi connectivity index (χ0) is 28.7. The number of benzene rings is 1. The Balaban J connectivity index is 1.30. The van der Waals surface area contributed by atoms with Gasteiger partial charge in [0, 0.05) is 17.8 Å². The van der Waals surface area contributed by atoms with Gasteiger partial charge in [0.15, 0.2) is 0 Å². The number of fused-ring (bicyclic) bond motifs is 1. The molecule has 222 valence electrons. The summed E-state index contributed by atoms with van der Waals surface area (Å²) in [6.45, 7) is 6.49. The molecule has 3 aliphatic heterocycles. The second-order valence-electron chi connectivity index (χ2n) is 13.6. The summed E-state index contributed by atoms with van der Waals surface area (Å²) >= 11 is 0. The Bertz CT molecular complexity index is 1170. The van der Waals surface area contributed by atoms with Crippen LogP contribution in [-0.4, -0.2) is 52.5 Å². The smallest absolute Gasteiger partial charge is 0.246 e. The van der Waals surface area contributed by atoms with Gasteiger partial charge in [0.25, 0.3) is 0 Å². The average Bonchev–Trinajstić information content (AvgIpc) is 3.58. The van der Waals surface area contributed by atoms with Crippen molar-refractivity contribution >= 4 is 23.4 Å². The van der Waals surface area contributed by atoms with Crippen molar-refractivity contribution in [3.63, 3.8) is 0 Å². The van der Waals surface area contributed by atoms with E-state index in [0.29, 0.717) is 17.5 Å². The van der Waals surface area contributed by atoms with Gasteiger partial charge in [-0.1, -0.05) is 90.0 Å². The molecule has 7 atom stereocenters. The lowest BCUT2D eigenvalue weighted by Crippen LogP contribution is -2.59. The molecule has 7 heteroatoms. The van der Waals surface area contributed by atoms with E-state index in [1.807, 2.05) is 41.3 Å². The fourth-order valence-corrected chi connectivity index (χ4v) is 8.28. The Hall–Kier alpha value is -2.67. The minimum Gasteiger partial charge on any atom is -0.359 e. The molecule has 2 saturated carbocycles. The molecule has 4 fully saturated rings. The molecule has 5 aliphatic rings. The van der Waals surface area contributed by atoms with E-state index >= 15 is 0 Å². The van der Waals surface area contributed by atoms with Crippen molar-refractivity contribution in [3.05, 3.63) is 42.0 Å². The van der Waals surface area contributed by atoms with Crippen LogP contribution in [0.25, 0.3) is 0 Å². The molecule has 2 bridgehead atoms.